The molecule has 0 saturated carbocycles. The Morgan fingerprint density at radius 3 is 1.23 bits per heavy atom. The molecule has 0 aliphatic rings. The van der Waals surface area contributed by atoms with Gasteiger partial charge in [-0.3, -0.25) is 0 Å². The Kier molecular flexibility index (Phi) is 13.5. The second-order valence-electron chi connectivity index (χ2n) is 6.93. The third-order valence-corrected chi connectivity index (χ3v) is 4.01. The first kappa shape index (κ1) is 24.9. The van der Waals surface area contributed by atoms with Crippen LogP contribution in [0.25, 0.3) is 5.32 Å². The predicted molar refractivity (Wildman–Crippen MR) is 110 cm³/mol. The summed E-state index contributed by atoms with van der Waals surface area (Å²) in [5.74, 6) is 0. The van der Waals surface area contributed by atoms with Gasteiger partial charge in [0.25, 0.3) is 0 Å². The van der Waals surface area contributed by atoms with Crippen LogP contribution in [0.4, 0.5) is 0 Å². The van der Waals surface area contributed by atoms with Crippen molar-refractivity contribution in [3.8, 4) is 0 Å². The third kappa shape index (κ3) is 10.8. The minimum Gasteiger partial charge on any atom is -0.650 e. The first-order valence-electron chi connectivity index (χ1n) is 8.99. The Morgan fingerprint density at radius 1 is 0.654 bits per heavy atom. The fourth-order valence-corrected chi connectivity index (χ4v) is 2.37. The number of rotatable bonds is 7. The molecule has 0 bridgehead atoms. The Labute approximate surface area is 173 Å². The maximum Gasteiger partial charge on any atom is 1.00 e. The van der Waals surface area contributed by atoms with Gasteiger partial charge >= 0.3 is 18.9 Å². The molecule has 2 rings (SSSR count). The molecule has 26 heavy (non-hydrogen) atoms. The van der Waals surface area contributed by atoms with Crippen molar-refractivity contribution in [3.05, 3.63) is 77.1 Å². The summed E-state index contributed by atoms with van der Waals surface area (Å²) < 4.78 is 0. The van der Waals surface area contributed by atoms with E-state index in [9.17, 15) is 0 Å². The number of hydrogen-bond donors (Lipinski definition) is 0. The fraction of sp³-hybridized carbons (Fsp3) is 0.455. The molecular weight excluding hydrogens is 313 g/mol. The molecular formula is C22H34LiN3. The first-order chi connectivity index (χ1) is 11.9. The van der Waals surface area contributed by atoms with E-state index in [1.165, 1.54) is 11.1 Å². The molecule has 0 spiro atoms. The molecule has 0 aliphatic carbocycles. The van der Waals surface area contributed by atoms with Crippen molar-refractivity contribution in [2.24, 2.45) is 0 Å². The first-order valence-corrected chi connectivity index (χ1v) is 8.99. The number of benzene rings is 2. The Hall–Kier alpha value is -1.08. The van der Waals surface area contributed by atoms with E-state index in [2.05, 4.69) is 100 Å². The molecule has 0 N–H and O–H groups in total. The molecule has 0 aliphatic heterocycles. The van der Waals surface area contributed by atoms with E-state index in [-0.39, 0.29) is 30.9 Å². The second-order valence-corrected chi connectivity index (χ2v) is 6.93. The van der Waals surface area contributed by atoms with Gasteiger partial charge in [-0.05, 0) is 28.2 Å². The van der Waals surface area contributed by atoms with E-state index < -0.39 is 0 Å². The van der Waals surface area contributed by atoms with E-state index in [0.717, 1.165) is 13.1 Å². The molecule has 0 unspecified atom stereocenters. The summed E-state index contributed by atoms with van der Waals surface area (Å²) in [6.45, 7) is 6.59. The van der Waals surface area contributed by atoms with Gasteiger partial charge in [-0.15, -0.1) is 12.1 Å². The van der Waals surface area contributed by atoms with E-state index in [4.69, 9.17) is 5.32 Å². The van der Waals surface area contributed by atoms with E-state index in [0.29, 0.717) is 0 Å². The molecule has 2 aromatic rings. The second kappa shape index (κ2) is 14.0. The monoisotopic (exact) mass is 347 g/mol. The molecule has 3 nitrogen and oxygen atoms in total. The van der Waals surface area contributed by atoms with Crippen molar-refractivity contribution in [2.75, 3.05) is 41.3 Å². The molecule has 0 saturated heterocycles. The molecule has 2 aromatic carbocycles. The number of likely N-dealkylation sites (N-methyl/N-ethyl adjacent to an activating group) is 2. The zero-order valence-corrected chi connectivity index (χ0v) is 17.7. The summed E-state index contributed by atoms with van der Waals surface area (Å²) in [7, 11) is 8.35. The normalized spacial score (nSPS) is 12.8. The van der Waals surface area contributed by atoms with Gasteiger partial charge in [0.1, 0.15) is 0 Å². The number of nitrogens with zero attached hydrogens (tertiary/aromatic N) is 3. The van der Waals surface area contributed by atoms with Gasteiger partial charge in [-0.25, -0.2) is 0 Å². The average molecular weight is 347 g/mol. The summed E-state index contributed by atoms with van der Waals surface area (Å²) in [5.41, 5.74) is 2.55. The fourth-order valence-electron chi connectivity index (χ4n) is 2.37. The quantitative estimate of drug-likeness (QED) is 0.714. The Balaban J connectivity index is 0.000000597. The molecule has 138 valence electrons. The van der Waals surface area contributed by atoms with E-state index in [1.54, 1.807) is 0 Å². The van der Waals surface area contributed by atoms with Crippen molar-refractivity contribution in [1.82, 2.24) is 9.80 Å². The van der Waals surface area contributed by atoms with Gasteiger partial charge in [-0.1, -0.05) is 85.6 Å². The smallest absolute Gasteiger partial charge is 0.650 e. The van der Waals surface area contributed by atoms with Gasteiger partial charge in [0.2, 0.25) is 0 Å². The summed E-state index contributed by atoms with van der Waals surface area (Å²) >= 11 is 0. The van der Waals surface area contributed by atoms with Crippen molar-refractivity contribution in [1.29, 1.82) is 0 Å². The van der Waals surface area contributed by atoms with Crippen LogP contribution in [-0.2, 0) is 0 Å². The summed E-state index contributed by atoms with van der Waals surface area (Å²) in [6, 6.07) is 21.3. The molecule has 0 radical (unpaired) electrons. The van der Waals surface area contributed by atoms with Crippen molar-refractivity contribution in [3.63, 3.8) is 0 Å². The van der Waals surface area contributed by atoms with Crippen molar-refractivity contribution < 1.29 is 18.9 Å². The minimum absolute atomic E-state index is 0. The van der Waals surface area contributed by atoms with Gasteiger partial charge in [0, 0.05) is 13.1 Å². The van der Waals surface area contributed by atoms with Crippen LogP contribution < -0.4 is 18.9 Å². The Bertz CT molecular complexity index is 507. The van der Waals surface area contributed by atoms with Crippen LogP contribution in [-0.4, -0.2) is 51.1 Å². The zero-order chi connectivity index (χ0) is 18.7. The zero-order valence-electron chi connectivity index (χ0n) is 17.7. The molecule has 0 amide bonds. The minimum atomic E-state index is 0. The van der Waals surface area contributed by atoms with Gasteiger partial charge in [0.15, 0.2) is 0 Å². The summed E-state index contributed by atoms with van der Waals surface area (Å²) in [5, 5.41) is 4.82. The van der Waals surface area contributed by atoms with Crippen LogP contribution in [0.1, 0.15) is 37.1 Å². The van der Waals surface area contributed by atoms with Crippen LogP contribution in [0, 0.1) is 0 Å². The van der Waals surface area contributed by atoms with Crippen molar-refractivity contribution in [2.45, 2.75) is 25.9 Å². The maximum absolute atomic E-state index is 4.82. The van der Waals surface area contributed by atoms with Crippen molar-refractivity contribution >= 4 is 0 Å². The van der Waals surface area contributed by atoms with E-state index >= 15 is 0 Å². The van der Waals surface area contributed by atoms with E-state index in [1.807, 2.05) is 12.1 Å². The Morgan fingerprint density at radius 2 is 0.962 bits per heavy atom. The van der Waals surface area contributed by atoms with Crippen LogP contribution in [0.5, 0.6) is 0 Å². The van der Waals surface area contributed by atoms with Gasteiger partial charge in [0.05, 0.1) is 0 Å². The summed E-state index contributed by atoms with van der Waals surface area (Å²) in [6.07, 6.45) is 0. The topological polar surface area (TPSA) is 20.6 Å². The predicted octanol–water partition coefficient (Wildman–Crippen LogP) is 2.00. The summed E-state index contributed by atoms with van der Waals surface area (Å²) in [4.78, 5) is 4.36. The van der Waals surface area contributed by atoms with Gasteiger partial charge < -0.3 is 15.1 Å². The molecule has 2 atom stereocenters. The van der Waals surface area contributed by atoms with Gasteiger partial charge in [-0.2, -0.15) is 0 Å². The van der Waals surface area contributed by atoms with Crippen LogP contribution in [0.15, 0.2) is 60.7 Å². The number of hydrogen-bond acceptors (Lipinski definition) is 2. The standard InChI is InChI=1S/C16H18N.C6H16N2.Li/c1-13(15-9-5-3-6-10-15)17-14(2)16-11-7-4-8-12-16;1-7(2)5-6-8(3)4;/h3-14H,1-2H3;5-6H2,1-4H3;/q-1;;+1/t13-,14-;;/m1../s1. The van der Waals surface area contributed by atoms with Crippen LogP contribution in [0.3, 0.4) is 0 Å². The van der Waals surface area contributed by atoms with Crippen LogP contribution in [0.2, 0.25) is 0 Å². The molecule has 0 heterocycles. The average Bonchev–Trinajstić information content (AvgIpc) is 2.62. The SMILES string of the molecule is CN(C)CCN(C)C.C[C@@H]([N-][C@H](C)c1ccccc1)c1ccccc1.[Li+]. The maximum atomic E-state index is 4.82. The van der Waals surface area contributed by atoms with Crippen LogP contribution >= 0.6 is 0 Å². The third-order valence-electron chi connectivity index (χ3n) is 4.01. The molecule has 4 heteroatoms. The molecule has 0 fully saturated rings. The largest absolute Gasteiger partial charge is 1.00 e. The molecule has 0 aromatic heterocycles.